The third-order valence-electron chi connectivity index (χ3n) is 3.46. The largest absolute Gasteiger partial charge is 0.399 e. The quantitative estimate of drug-likeness (QED) is 0.711. The minimum absolute atomic E-state index is 0.0486. The fourth-order valence-corrected chi connectivity index (χ4v) is 2.72. The Balaban J connectivity index is 2.28. The molecular formula is C14H15N3O2. The van der Waals surface area contributed by atoms with Crippen molar-refractivity contribution in [3.8, 4) is 0 Å². The Kier molecular flexibility index (Phi) is 2.55. The molecule has 2 aliphatic rings. The second-order valence-electron chi connectivity index (χ2n) is 4.73. The van der Waals surface area contributed by atoms with Gasteiger partial charge in [0.05, 0.1) is 12.4 Å². The first kappa shape index (κ1) is 11.8. The van der Waals surface area contributed by atoms with Crippen molar-refractivity contribution in [1.82, 2.24) is 9.80 Å². The van der Waals surface area contributed by atoms with E-state index in [-0.39, 0.29) is 5.78 Å². The Labute approximate surface area is 111 Å². The number of carbonyl (C=O) groups is 1. The number of Topliss-reactive ketones (excluding diaryl/α,β-unsaturated/α-hetero) is 1. The van der Waals surface area contributed by atoms with Gasteiger partial charge in [-0.05, 0) is 0 Å². The lowest BCUT2D eigenvalue weighted by Crippen LogP contribution is -2.27. The molecule has 1 aromatic carbocycles. The highest BCUT2D eigenvalue weighted by molar-refractivity contribution is 6.28. The molecule has 98 valence electrons. The summed E-state index contributed by atoms with van der Waals surface area (Å²) in [6, 6.07) is 7.51. The Bertz CT molecular complexity index is 619. The SMILES string of the molecule is CO/N=C1\C2=C(C(=O)c3ccccc31)N(C)CN2C. The number of ketones is 1. The van der Waals surface area contributed by atoms with Gasteiger partial charge >= 0.3 is 0 Å². The molecule has 0 N–H and O–H groups in total. The minimum atomic E-state index is 0.0486. The van der Waals surface area contributed by atoms with Gasteiger partial charge in [0, 0.05) is 25.2 Å². The molecule has 5 nitrogen and oxygen atoms in total. The zero-order chi connectivity index (χ0) is 13.6. The first-order chi connectivity index (χ1) is 9.15. The number of benzene rings is 1. The molecule has 0 saturated carbocycles. The number of fused-ring (bicyclic) bond motifs is 1. The van der Waals surface area contributed by atoms with Crippen LogP contribution in [0, 0.1) is 0 Å². The average molecular weight is 257 g/mol. The second kappa shape index (κ2) is 4.12. The fraction of sp³-hybridized carbons (Fsp3) is 0.286. The van der Waals surface area contributed by atoms with Crippen molar-refractivity contribution in [3.05, 3.63) is 46.8 Å². The number of rotatable bonds is 1. The Morgan fingerprint density at radius 2 is 1.74 bits per heavy atom. The molecule has 0 fully saturated rings. The first-order valence-electron chi connectivity index (χ1n) is 6.07. The number of oxime groups is 1. The van der Waals surface area contributed by atoms with Gasteiger partial charge in [-0.3, -0.25) is 4.79 Å². The normalized spacial score (nSPS) is 19.9. The van der Waals surface area contributed by atoms with Gasteiger partial charge in [-0.25, -0.2) is 0 Å². The van der Waals surface area contributed by atoms with Crippen molar-refractivity contribution in [3.63, 3.8) is 0 Å². The molecule has 1 heterocycles. The summed E-state index contributed by atoms with van der Waals surface area (Å²) in [4.78, 5) is 21.5. The van der Waals surface area contributed by atoms with E-state index in [9.17, 15) is 4.79 Å². The van der Waals surface area contributed by atoms with Crippen LogP contribution in [0.1, 0.15) is 15.9 Å². The zero-order valence-corrected chi connectivity index (χ0v) is 11.2. The van der Waals surface area contributed by atoms with Crippen LogP contribution in [-0.2, 0) is 4.84 Å². The lowest BCUT2D eigenvalue weighted by molar-refractivity contribution is 0.100. The molecule has 0 aromatic heterocycles. The highest BCUT2D eigenvalue weighted by Crippen LogP contribution is 2.33. The second-order valence-corrected chi connectivity index (χ2v) is 4.73. The average Bonchev–Trinajstić information content (AvgIpc) is 2.70. The standard InChI is InChI=1S/C14H15N3O2/c1-16-8-17(2)13-12(16)11(15-19-3)9-6-4-5-7-10(9)14(13)18/h4-7H,8H2,1-3H3/b15-11-. The maximum Gasteiger partial charge on any atom is 0.211 e. The molecule has 0 amide bonds. The fourth-order valence-electron chi connectivity index (χ4n) is 2.72. The van der Waals surface area contributed by atoms with Gasteiger partial charge in [0.25, 0.3) is 0 Å². The van der Waals surface area contributed by atoms with E-state index in [0.717, 1.165) is 17.0 Å². The van der Waals surface area contributed by atoms with Gasteiger partial charge in [0.15, 0.2) is 0 Å². The number of carbonyl (C=O) groups excluding carboxylic acids is 1. The third-order valence-corrected chi connectivity index (χ3v) is 3.46. The van der Waals surface area contributed by atoms with Gasteiger partial charge in [-0.1, -0.05) is 29.4 Å². The molecule has 0 bridgehead atoms. The smallest absolute Gasteiger partial charge is 0.211 e. The van der Waals surface area contributed by atoms with E-state index in [2.05, 4.69) is 5.16 Å². The predicted octanol–water partition coefficient (Wildman–Crippen LogP) is 1.28. The molecule has 3 rings (SSSR count). The summed E-state index contributed by atoms with van der Waals surface area (Å²) in [6.45, 7) is 0.674. The molecule has 1 aromatic rings. The van der Waals surface area contributed by atoms with Crippen LogP contribution in [0.3, 0.4) is 0 Å². The molecule has 0 atom stereocenters. The first-order valence-corrected chi connectivity index (χ1v) is 6.07. The summed E-state index contributed by atoms with van der Waals surface area (Å²) in [5.41, 5.74) is 3.76. The van der Waals surface area contributed by atoms with Gasteiger partial charge < -0.3 is 14.6 Å². The summed E-state index contributed by atoms with van der Waals surface area (Å²) in [5.74, 6) is 0.0486. The van der Waals surface area contributed by atoms with Crippen LogP contribution in [0.5, 0.6) is 0 Å². The Morgan fingerprint density at radius 3 is 2.42 bits per heavy atom. The predicted molar refractivity (Wildman–Crippen MR) is 71.7 cm³/mol. The van der Waals surface area contributed by atoms with E-state index in [1.807, 2.05) is 48.2 Å². The van der Waals surface area contributed by atoms with Gasteiger partial charge in [0.2, 0.25) is 5.78 Å². The van der Waals surface area contributed by atoms with Crippen molar-refractivity contribution in [2.45, 2.75) is 0 Å². The van der Waals surface area contributed by atoms with Crippen LogP contribution in [0.2, 0.25) is 0 Å². The Morgan fingerprint density at radius 1 is 1.11 bits per heavy atom. The van der Waals surface area contributed by atoms with Crippen molar-refractivity contribution in [2.24, 2.45) is 5.16 Å². The van der Waals surface area contributed by atoms with Gasteiger partial charge in [-0.2, -0.15) is 0 Å². The zero-order valence-electron chi connectivity index (χ0n) is 11.2. The number of allylic oxidation sites excluding steroid dienone is 2. The van der Waals surface area contributed by atoms with Crippen molar-refractivity contribution >= 4 is 11.5 Å². The van der Waals surface area contributed by atoms with Crippen LogP contribution in [-0.4, -0.2) is 49.2 Å². The van der Waals surface area contributed by atoms with E-state index >= 15 is 0 Å². The molecule has 0 radical (unpaired) electrons. The summed E-state index contributed by atoms with van der Waals surface area (Å²) >= 11 is 0. The highest BCUT2D eigenvalue weighted by atomic mass is 16.6. The number of nitrogens with zero attached hydrogens (tertiary/aromatic N) is 3. The number of hydrogen-bond acceptors (Lipinski definition) is 5. The topological polar surface area (TPSA) is 45.1 Å². The van der Waals surface area contributed by atoms with E-state index in [4.69, 9.17) is 4.84 Å². The molecule has 5 heteroatoms. The summed E-state index contributed by atoms with van der Waals surface area (Å²) in [5, 5.41) is 4.13. The van der Waals surface area contributed by atoms with E-state index < -0.39 is 0 Å². The van der Waals surface area contributed by atoms with Crippen LogP contribution >= 0.6 is 0 Å². The highest BCUT2D eigenvalue weighted by Gasteiger charge is 2.39. The molecule has 0 unspecified atom stereocenters. The van der Waals surface area contributed by atoms with E-state index in [1.54, 1.807) is 0 Å². The lowest BCUT2D eigenvalue weighted by atomic mass is 9.90. The van der Waals surface area contributed by atoms with Crippen molar-refractivity contribution in [2.75, 3.05) is 27.9 Å². The number of likely N-dealkylation sites (N-methyl/N-ethyl adjacent to an activating group) is 2. The monoisotopic (exact) mass is 257 g/mol. The molecule has 0 spiro atoms. The lowest BCUT2D eigenvalue weighted by Gasteiger charge is -2.22. The molecule has 0 saturated heterocycles. The summed E-state index contributed by atoms with van der Waals surface area (Å²) < 4.78 is 0. The van der Waals surface area contributed by atoms with Crippen LogP contribution in [0.4, 0.5) is 0 Å². The molecule has 19 heavy (non-hydrogen) atoms. The maximum atomic E-state index is 12.6. The van der Waals surface area contributed by atoms with Gasteiger partial charge in [-0.15, -0.1) is 0 Å². The summed E-state index contributed by atoms with van der Waals surface area (Å²) in [6.07, 6.45) is 0. The summed E-state index contributed by atoms with van der Waals surface area (Å²) in [7, 11) is 5.38. The van der Waals surface area contributed by atoms with Crippen molar-refractivity contribution < 1.29 is 9.63 Å². The van der Waals surface area contributed by atoms with Crippen LogP contribution in [0.25, 0.3) is 0 Å². The molecule has 1 aliphatic carbocycles. The molecular weight excluding hydrogens is 242 g/mol. The number of hydrogen-bond donors (Lipinski definition) is 0. The third kappa shape index (κ3) is 1.54. The van der Waals surface area contributed by atoms with Gasteiger partial charge in [0.1, 0.15) is 18.5 Å². The Hall–Kier alpha value is -2.30. The van der Waals surface area contributed by atoms with E-state index in [0.29, 0.717) is 17.9 Å². The maximum absolute atomic E-state index is 12.6. The minimum Gasteiger partial charge on any atom is -0.399 e. The van der Waals surface area contributed by atoms with Crippen LogP contribution < -0.4 is 0 Å². The van der Waals surface area contributed by atoms with Crippen LogP contribution in [0.15, 0.2) is 40.8 Å². The molecule has 1 aliphatic heterocycles. The van der Waals surface area contributed by atoms with Crippen molar-refractivity contribution in [1.29, 1.82) is 0 Å². The van der Waals surface area contributed by atoms with E-state index in [1.165, 1.54) is 7.11 Å².